The number of carbonyl (C=O) groups is 2. The van der Waals surface area contributed by atoms with Gasteiger partial charge in [-0.2, -0.15) is 4.37 Å². The largest absolute Gasteiger partial charge is 0.471 e. The highest BCUT2D eigenvalue weighted by Crippen LogP contribution is 2.31. The minimum absolute atomic E-state index is 0.0489. The molecule has 1 aromatic carbocycles. The van der Waals surface area contributed by atoms with Crippen LogP contribution in [0.3, 0.4) is 0 Å². The SMILES string of the molecule is CC(C)CNC(=O)Nc1snc(OCc2ccc(Br)cc2F)c1C(N)=O. The number of halogens is 2. The van der Waals surface area contributed by atoms with Crippen molar-refractivity contribution >= 4 is 44.4 Å². The number of hydrogen-bond donors (Lipinski definition) is 3. The summed E-state index contributed by atoms with van der Waals surface area (Å²) in [5, 5.41) is 5.36. The zero-order valence-electron chi connectivity index (χ0n) is 14.1. The van der Waals surface area contributed by atoms with Gasteiger partial charge in [-0.05, 0) is 29.6 Å². The van der Waals surface area contributed by atoms with Gasteiger partial charge in [0.15, 0.2) is 0 Å². The Morgan fingerprint density at radius 1 is 1.42 bits per heavy atom. The second kappa shape index (κ2) is 8.95. The van der Waals surface area contributed by atoms with E-state index in [0.29, 0.717) is 16.6 Å². The summed E-state index contributed by atoms with van der Waals surface area (Å²) in [7, 11) is 0. The molecule has 1 aromatic heterocycles. The van der Waals surface area contributed by atoms with Gasteiger partial charge in [-0.25, -0.2) is 9.18 Å². The second-order valence-electron chi connectivity index (χ2n) is 5.81. The van der Waals surface area contributed by atoms with Gasteiger partial charge in [-0.15, -0.1) is 0 Å². The van der Waals surface area contributed by atoms with E-state index in [-0.39, 0.29) is 29.0 Å². The van der Waals surface area contributed by atoms with Crippen LogP contribution in [-0.2, 0) is 6.61 Å². The van der Waals surface area contributed by atoms with Crippen LogP contribution in [0.15, 0.2) is 22.7 Å². The van der Waals surface area contributed by atoms with E-state index in [1.807, 2.05) is 13.8 Å². The fourth-order valence-electron chi connectivity index (χ4n) is 1.91. The Morgan fingerprint density at radius 3 is 2.77 bits per heavy atom. The van der Waals surface area contributed by atoms with Crippen molar-refractivity contribution in [1.29, 1.82) is 0 Å². The number of primary amides is 1. The molecule has 3 amide bonds. The van der Waals surface area contributed by atoms with Crippen molar-refractivity contribution in [3.05, 3.63) is 39.6 Å². The fraction of sp³-hybridized carbons (Fsp3) is 0.312. The number of aromatic nitrogens is 1. The summed E-state index contributed by atoms with van der Waals surface area (Å²) in [6.07, 6.45) is 0. The van der Waals surface area contributed by atoms with Crippen molar-refractivity contribution in [1.82, 2.24) is 9.69 Å². The van der Waals surface area contributed by atoms with Crippen LogP contribution in [0.4, 0.5) is 14.2 Å². The van der Waals surface area contributed by atoms with Crippen molar-refractivity contribution in [2.75, 3.05) is 11.9 Å². The van der Waals surface area contributed by atoms with Crippen LogP contribution in [0.5, 0.6) is 5.88 Å². The number of nitrogens with one attached hydrogen (secondary N) is 2. The molecule has 2 aromatic rings. The lowest BCUT2D eigenvalue weighted by Crippen LogP contribution is -2.32. The van der Waals surface area contributed by atoms with Gasteiger partial charge in [-0.3, -0.25) is 10.1 Å². The molecule has 7 nitrogen and oxygen atoms in total. The van der Waals surface area contributed by atoms with Crippen LogP contribution in [0.1, 0.15) is 29.8 Å². The van der Waals surface area contributed by atoms with Crippen LogP contribution in [-0.4, -0.2) is 22.9 Å². The van der Waals surface area contributed by atoms with Crippen LogP contribution >= 0.6 is 27.5 Å². The normalized spacial score (nSPS) is 10.7. The van der Waals surface area contributed by atoms with E-state index in [0.717, 1.165) is 11.5 Å². The van der Waals surface area contributed by atoms with Crippen LogP contribution in [0.2, 0.25) is 0 Å². The van der Waals surface area contributed by atoms with Crippen molar-refractivity contribution in [3.63, 3.8) is 0 Å². The predicted octanol–water partition coefficient (Wildman–Crippen LogP) is 3.50. The van der Waals surface area contributed by atoms with Gasteiger partial charge in [0.2, 0.25) is 5.88 Å². The van der Waals surface area contributed by atoms with Gasteiger partial charge in [0.1, 0.15) is 23.0 Å². The highest BCUT2D eigenvalue weighted by molar-refractivity contribution is 9.10. The Balaban J connectivity index is 2.10. The summed E-state index contributed by atoms with van der Waals surface area (Å²) in [6, 6.07) is 4.05. The quantitative estimate of drug-likeness (QED) is 0.607. The lowest BCUT2D eigenvalue weighted by molar-refractivity contribution is 0.0996. The number of ether oxygens (including phenoxy) is 1. The third-order valence-electron chi connectivity index (χ3n) is 3.18. The molecule has 0 saturated carbocycles. The molecule has 1 heterocycles. The Morgan fingerprint density at radius 2 is 2.15 bits per heavy atom. The van der Waals surface area contributed by atoms with Gasteiger partial charge in [-0.1, -0.05) is 35.8 Å². The molecule has 4 N–H and O–H groups in total. The van der Waals surface area contributed by atoms with Crippen molar-refractivity contribution in [2.24, 2.45) is 11.7 Å². The van der Waals surface area contributed by atoms with Crippen molar-refractivity contribution in [2.45, 2.75) is 20.5 Å². The summed E-state index contributed by atoms with van der Waals surface area (Å²) < 4.78 is 23.9. The Hall–Kier alpha value is -2.20. The highest BCUT2D eigenvalue weighted by atomic mass is 79.9. The predicted molar refractivity (Wildman–Crippen MR) is 101 cm³/mol. The molecular formula is C16H18BrFN4O3S. The molecule has 0 unspecified atom stereocenters. The molecule has 0 spiro atoms. The maximum Gasteiger partial charge on any atom is 0.319 e. The van der Waals surface area contributed by atoms with Crippen LogP contribution in [0, 0.1) is 11.7 Å². The Bertz CT molecular complexity index is 813. The van der Waals surface area contributed by atoms with Gasteiger partial charge in [0, 0.05) is 16.6 Å². The highest BCUT2D eigenvalue weighted by Gasteiger charge is 2.22. The van der Waals surface area contributed by atoms with Gasteiger partial charge in [0.05, 0.1) is 0 Å². The van der Waals surface area contributed by atoms with Gasteiger partial charge < -0.3 is 15.8 Å². The number of nitrogens with zero attached hydrogens (tertiary/aromatic N) is 1. The molecule has 0 saturated heterocycles. The average Bonchev–Trinajstić information content (AvgIpc) is 2.95. The van der Waals surface area contributed by atoms with E-state index >= 15 is 0 Å². The number of amides is 3. The van der Waals surface area contributed by atoms with Gasteiger partial charge in [0.25, 0.3) is 5.91 Å². The monoisotopic (exact) mass is 444 g/mol. The first-order chi connectivity index (χ1) is 12.3. The summed E-state index contributed by atoms with van der Waals surface area (Å²) in [5.74, 6) is -1.03. The summed E-state index contributed by atoms with van der Waals surface area (Å²) in [6.45, 7) is 4.24. The first kappa shape index (κ1) is 20.1. The van der Waals surface area contributed by atoms with E-state index in [1.54, 1.807) is 12.1 Å². The summed E-state index contributed by atoms with van der Waals surface area (Å²) in [4.78, 5) is 23.6. The standard InChI is InChI=1S/C16H18BrFN4O3S/c1-8(2)6-20-16(24)21-15-12(13(19)23)14(22-26-15)25-7-9-3-4-10(17)5-11(9)18/h3-5,8H,6-7H2,1-2H3,(H2,19,23)(H2,20,21,24). The maximum atomic E-state index is 13.9. The first-order valence-corrected chi connectivity index (χ1v) is 9.25. The van der Waals surface area contributed by atoms with Crippen molar-refractivity contribution < 1.29 is 18.7 Å². The molecule has 0 fully saturated rings. The zero-order chi connectivity index (χ0) is 19.3. The molecule has 0 radical (unpaired) electrons. The summed E-state index contributed by atoms with van der Waals surface area (Å²) in [5.41, 5.74) is 5.62. The summed E-state index contributed by atoms with van der Waals surface area (Å²) >= 11 is 4.03. The van der Waals surface area contributed by atoms with Gasteiger partial charge >= 0.3 is 6.03 Å². The van der Waals surface area contributed by atoms with E-state index in [9.17, 15) is 14.0 Å². The number of benzene rings is 1. The van der Waals surface area contributed by atoms with Crippen LogP contribution in [0.25, 0.3) is 0 Å². The molecule has 2 rings (SSSR count). The van der Waals surface area contributed by atoms with E-state index in [2.05, 4.69) is 30.9 Å². The number of urea groups is 1. The number of anilines is 1. The molecule has 0 atom stereocenters. The lowest BCUT2D eigenvalue weighted by Gasteiger charge is -2.09. The van der Waals surface area contributed by atoms with E-state index in [4.69, 9.17) is 10.5 Å². The second-order valence-corrected chi connectivity index (χ2v) is 7.50. The van der Waals surface area contributed by atoms with E-state index < -0.39 is 17.8 Å². The Kier molecular flexibility index (Phi) is 6.92. The third-order valence-corrected chi connectivity index (χ3v) is 4.42. The van der Waals surface area contributed by atoms with Crippen molar-refractivity contribution in [3.8, 4) is 5.88 Å². The molecule has 26 heavy (non-hydrogen) atoms. The molecule has 0 aliphatic heterocycles. The number of nitrogens with two attached hydrogens (primary N) is 1. The minimum Gasteiger partial charge on any atom is -0.471 e. The topological polar surface area (TPSA) is 106 Å². The minimum atomic E-state index is -0.802. The molecule has 140 valence electrons. The number of hydrogen-bond acceptors (Lipinski definition) is 5. The lowest BCUT2D eigenvalue weighted by atomic mass is 10.2. The van der Waals surface area contributed by atoms with Crippen LogP contribution < -0.4 is 21.1 Å². The average molecular weight is 445 g/mol. The Labute approximate surface area is 162 Å². The maximum absolute atomic E-state index is 13.9. The smallest absolute Gasteiger partial charge is 0.319 e. The zero-order valence-corrected chi connectivity index (χ0v) is 16.5. The van der Waals surface area contributed by atoms with E-state index in [1.165, 1.54) is 6.07 Å². The first-order valence-electron chi connectivity index (χ1n) is 7.69. The third kappa shape index (κ3) is 5.40. The molecule has 0 aliphatic carbocycles. The number of rotatable bonds is 7. The molecule has 0 bridgehead atoms. The number of carbonyl (C=O) groups excluding carboxylic acids is 2. The molecular weight excluding hydrogens is 427 g/mol. The fourth-order valence-corrected chi connectivity index (χ4v) is 2.97. The molecule has 0 aliphatic rings. The molecule has 10 heteroatoms.